The van der Waals surface area contributed by atoms with E-state index in [9.17, 15) is 17.6 Å². The minimum atomic E-state index is -3.80. The molecule has 0 radical (unpaired) electrons. The Labute approximate surface area is 137 Å². The van der Waals surface area contributed by atoms with Crippen molar-refractivity contribution in [3.63, 3.8) is 0 Å². The normalized spacial score (nSPS) is 22.4. The van der Waals surface area contributed by atoms with E-state index in [1.165, 1.54) is 19.2 Å². The van der Waals surface area contributed by atoms with Gasteiger partial charge in [-0.15, -0.1) is 0 Å². The first kappa shape index (κ1) is 17.9. The lowest BCUT2D eigenvalue weighted by atomic mass is 9.92. The van der Waals surface area contributed by atoms with Crippen molar-refractivity contribution in [2.75, 3.05) is 26.7 Å². The largest absolute Gasteiger partial charge is 0.341 e. The quantitative estimate of drug-likeness (QED) is 0.840. The van der Waals surface area contributed by atoms with Gasteiger partial charge in [-0.25, -0.2) is 12.8 Å². The molecule has 0 bridgehead atoms. The Balaban J connectivity index is 2.06. The molecule has 5 nitrogen and oxygen atoms in total. The van der Waals surface area contributed by atoms with Crippen LogP contribution in [-0.4, -0.2) is 50.2 Å². The minimum absolute atomic E-state index is 0.0189. The predicted molar refractivity (Wildman–Crippen MR) is 85.7 cm³/mol. The Bertz CT molecular complexity index is 650. The maximum Gasteiger partial charge on any atom is 0.243 e. The number of hydrogen-bond acceptors (Lipinski definition) is 3. The molecule has 0 spiro atoms. The van der Waals surface area contributed by atoms with E-state index in [1.54, 1.807) is 4.90 Å². The second-order valence-corrected chi connectivity index (χ2v) is 8.50. The van der Waals surface area contributed by atoms with Crippen LogP contribution < -0.4 is 0 Å². The number of sulfonamides is 1. The molecule has 1 fully saturated rings. The Hall–Kier alpha value is -1.47. The Morgan fingerprint density at radius 2 is 1.74 bits per heavy atom. The van der Waals surface area contributed by atoms with Crippen molar-refractivity contribution >= 4 is 15.9 Å². The lowest BCUT2D eigenvalue weighted by molar-refractivity contribution is -0.133. The number of halogens is 1. The molecule has 2 atom stereocenters. The summed E-state index contributed by atoms with van der Waals surface area (Å²) in [5.74, 6) is 0.138. The molecule has 7 heteroatoms. The van der Waals surface area contributed by atoms with E-state index in [1.807, 2.05) is 0 Å². The summed E-state index contributed by atoms with van der Waals surface area (Å²) in [4.78, 5) is 14.1. The van der Waals surface area contributed by atoms with Gasteiger partial charge in [-0.05, 0) is 42.5 Å². The van der Waals surface area contributed by atoms with Gasteiger partial charge in [0.05, 0.1) is 11.4 Å². The number of likely N-dealkylation sites (tertiary alicyclic amines) is 1. The molecule has 0 saturated carbocycles. The lowest BCUT2D eigenvalue weighted by Crippen LogP contribution is -2.47. The third-order valence-electron chi connectivity index (χ3n) is 4.10. The summed E-state index contributed by atoms with van der Waals surface area (Å²) in [6.45, 7) is 5.30. The molecule has 23 heavy (non-hydrogen) atoms. The number of carbonyl (C=O) groups is 1. The molecule has 1 amide bonds. The van der Waals surface area contributed by atoms with E-state index in [-0.39, 0.29) is 17.3 Å². The van der Waals surface area contributed by atoms with Crippen molar-refractivity contribution in [2.45, 2.75) is 25.2 Å². The van der Waals surface area contributed by atoms with Crippen molar-refractivity contribution in [2.24, 2.45) is 11.8 Å². The van der Waals surface area contributed by atoms with E-state index in [2.05, 4.69) is 13.8 Å². The molecule has 1 heterocycles. The maximum absolute atomic E-state index is 12.9. The van der Waals surface area contributed by atoms with Crippen LogP contribution in [0.1, 0.15) is 20.3 Å². The standard InChI is InChI=1S/C16H23FN2O3S/c1-12-8-13(2)10-19(9-12)16(20)11-18(3)23(21,22)15-6-4-14(17)5-7-15/h4-7,12-13H,8-11H2,1-3H3. The van der Waals surface area contributed by atoms with Gasteiger partial charge in [-0.1, -0.05) is 13.8 Å². The van der Waals surface area contributed by atoms with Crippen LogP contribution >= 0.6 is 0 Å². The first-order chi connectivity index (χ1) is 10.7. The van der Waals surface area contributed by atoms with Crippen molar-refractivity contribution in [3.05, 3.63) is 30.1 Å². The zero-order chi connectivity index (χ0) is 17.2. The van der Waals surface area contributed by atoms with E-state index < -0.39 is 15.8 Å². The van der Waals surface area contributed by atoms with Crippen LogP contribution in [0.3, 0.4) is 0 Å². The second kappa shape index (κ2) is 6.97. The molecule has 0 aromatic heterocycles. The highest BCUT2D eigenvalue weighted by atomic mass is 32.2. The van der Waals surface area contributed by atoms with Gasteiger partial charge in [0.25, 0.3) is 0 Å². The fourth-order valence-corrected chi connectivity index (χ4v) is 4.15. The zero-order valence-corrected chi connectivity index (χ0v) is 14.5. The van der Waals surface area contributed by atoms with E-state index in [0.717, 1.165) is 22.9 Å². The SMILES string of the molecule is CC1CC(C)CN(C(=O)CN(C)S(=O)(=O)c2ccc(F)cc2)C1. The topological polar surface area (TPSA) is 57.7 Å². The number of carbonyl (C=O) groups excluding carboxylic acids is 1. The van der Waals surface area contributed by atoms with Crippen LogP contribution in [0.5, 0.6) is 0 Å². The summed E-state index contributed by atoms with van der Waals surface area (Å²) in [6.07, 6.45) is 1.08. The van der Waals surface area contributed by atoms with Crippen LogP contribution in [0.15, 0.2) is 29.2 Å². The van der Waals surface area contributed by atoms with Gasteiger partial charge in [0.2, 0.25) is 15.9 Å². The number of nitrogens with zero attached hydrogens (tertiary/aromatic N) is 2. The zero-order valence-electron chi connectivity index (χ0n) is 13.7. The van der Waals surface area contributed by atoms with E-state index in [4.69, 9.17) is 0 Å². The third kappa shape index (κ3) is 4.29. The summed E-state index contributed by atoms with van der Waals surface area (Å²) in [5, 5.41) is 0. The van der Waals surface area contributed by atoms with Gasteiger partial charge in [0.1, 0.15) is 5.82 Å². The van der Waals surface area contributed by atoms with Crippen LogP contribution in [0.2, 0.25) is 0 Å². The van der Waals surface area contributed by atoms with Crippen molar-refractivity contribution in [1.29, 1.82) is 0 Å². The van der Waals surface area contributed by atoms with Gasteiger partial charge in [-0.2, -0.15) is 4.31 Å². The fraction of sp³-hybridized carbons (Fsp3) is 0.562. The number of benzene rings is 1. The van der Waals surface area contributed by atoms with Crippen molar-refractivity contribution in [1.82, 2.24) is 9.21 Å². The summed E-state index contributed by atoms with van der Waals surface area (Å²) >= 11 is 0. The molecule has 1 aliphatic heterocycles. The average molecular weight is 342 g/mol. The van der Waals surface area contributed by atoms with Gasteiger partial charge in [0, 0.05) is 20.1 Å². The molecule has 2 rings (SSSR count). The van der Waals surface area contributed by atoms with Gasteiger partial charge < -0.3 is 4.90 Å². The number of likely N-dealkylation sites (N-methyl/N-ethyl adjacent to an activating group) is 1. The summed E-state index contributed by atoms with van der Waals surface area (Å²) in [5.41, 5.74) is 0. The maximum atomic E-state index is 12.9. The van der Waals surface area contributed by atoms with Crippen LogP contribution in [-0.2, 0) is 14.8 Å². The molecule has 1 aliphatic rings. The molecule has 128 valence electrons. The smallest absolute Gasteiger partial charge is 0.243 e. The van der Waals surface area contributed by atoms with Crippen LogP contribution in [0.4, 0.5) is 4.39 Å². The Morgan fingerprint density at radius 1 is 1.22 bits per heavy atom. The summed E-state index contributed by atoms with van der Waals surface area (Å²) in [7, 11) is -2.43. The van der Waals surface area contributed by atoms with E-state index >= 15 is 0 Å². The Morgan fingerprint density at radius 3 is 2.26 bits per heavy atom. The monoisotopic (exact) mass is 342 g/mol. The summed E-state index contributed by atoms with van der Waals surface area (Å²) in [6, 6.07) is 4.60. The molecule has 0 aliphatic carbocycles. The van der Waals surface area contributed by atoms with Crippen LogP contribution in [0, 0.1) is 17.7 Å². The van der Waals surface area contributed by atoms with Gasteiger partial charge in [0.15, 0.2) is 0 Å². The first-order valence-corrected chi connectivity index (χ1v) is 9.14. The first-order valence-electron chi connectivity index (χ1n) is 7.70. The third-order valence-corrected chi connectivity index (χ3v) is 5.92. The predicted octanol–water partition coefficient (Wildman–Crippen LogP) is 1.95. The van der Waals surface area contributed by atoms with Gasteiger partial charge >= 0.3 is 0 Å². The second-order valence-electron chi connectivity index (χ2n) is 6.46. The van der Waals surface area contributed by atoms with Crippen molar-refractivity contribution < 1.29 is 17.6 Å². The molecular formula is C16H23FN2O3S. The van der Waals surface area contributed by atoms with Crippen LogP contribution in [0.25, 0.3) is 0 Å². The fourth-order valence-electron chi connectivity index (χ4n) is 3.03. The average Bonchev–Trinajstić information content (AvgIpc) is 2.46. The number of rotatable bonds is 4. The van der Waals surface area contributed by atoms with E-state index in [0.29, 0.717) is 24.9 Å². The molecule has 0 N–H and O–H groups in total. The Kier molecular flexibility index (Phi) is 5.41. The summed E-state index contributed by atoms with van der Waals surface area (Å²) < 4.78 is 38.8. The number of piperidine rings is 1. The number of hydrogen-bond donors (Lipinski definition) is 0. The van der Waals surface area contributed by atoms with Gasteiger partial charge in [-0.3, -0.25) is 4.79 Å². The molecule has 2 unspecified atom stereocenters. The molecule has 1 saturated heterocycles. The molecule has 1 aromatic rings. The minimum Gasteiger partial charge on any atom is -0.341 e. The lowest BCUT2D eigenvalue weighted by Gasteiger charge is -2.35. The molecule has 1 aromatic carbocycles. The highest BCUT2D eigenvalue weighted by Gasteiger charge is 2.29. The highest BCUT2D eigenvalue weighted by molar-refractivity contribution is 7.89. The highest BCUT2D eigenvalue weighted by Crippen LogP contribution is 2.21. The van der Waals surface area contributed by atoms with Crippen molar-refractivity contribution in [3.8, 4) is 0 Å². The number of amides is 1. The molecular weight excluding hydrogens is 319 g/mol.